The molecule has 96 valence electrons. The van der Waals surface area contributed by atoms with Gasteiger partial charge in [0.15, 0.2) is 0 Å². The summed E-state index contributed by atoms with van der Waals surface area (Å²) in [7, 11) is 0. The second-order valence-electron chi connectivity index (χ2n) is 4.57. The number of rotatable bonds is 2. The number of fused-ring (bicyclic) bond motifs is 2. The van der Waals surface area contributed by atoms with E-state index in [1.165, 1.54) is 11.1 Å². The van der Waals surface area contributed by atoms with Crippen molar-refractivity contribution >= 4 is 5.57 Å². The van der Waals surface area contributed by atoms with Crippen LogP contribution < -0.4 is 4.74 Å². The minimum Gasteiger partial charge on any atom is -0.488 e. The van der Waals surface area contributed by atoms with Gasteiger partial charge in [-0.1, -0.05) is 48.5 Å². The molecule has 2 nitrogen and oxygen atoms in total. The van der Waals surface area contributed by atoms with Crippen molar-refractivity contribution in [3.05, 3.63) is 71.3 Å². The minimum atomic E-state index is 0.161. The molecule has 0 fully saturated rings. The van der Waals surface area contributed by atoms with Crippen LogP contribution in [0.5, 0.6) is 5.75 Å². The highest BCUT2D eigenvalue weighted by Crippen LogP contribution is 2.36. The molecule has 2 aromatic rings. The Morgan fingerprint density at radius 1 is 1.00 bits per heavy atom. The lowest BCUT2D eigenvalue weighted by Crippen LogP contribution is -1.94. The van der Waals surface area contributed by atoms with Crippen LogP contribution in [0.25, 0.3) is 5.57 Å². The standard InChI is InChI=1S/C17H16O2/c18-11-5-9-15-14-7-2-1-6-13(14)12-19-17-10-4-3-8-16(15)17/h1-4,6-10,18H,5,11-12H2/b15-9+. The second kappa shape index (κ2) is 5.29. The first-order valence-electron chi connectivity index (χ1n) is 6.51. The van der Waals surface area contributed by atoms with Crippen LogP contribution in [0.4, 0.5) is 0 Å². The summed E-state index contributed by atoms with van der Waals surface area (Å²) in [5.74, 6) is 0.905. The average molecular weight is 252 g/mol. The topological polar surface area (TPSA) is 29.5 Å². The maximum absolute atomic E-state index is 9.09. The van der Waals surface area contributed by atoms with Gasteiger partial charge in [0.2, 0.25) is 0 Å². The number of benzene rings is 2. The van der Waals surface area contributed by atoms with E-state index in [4.69, 9.17) is 9.84 Å². The van der Waals surface area contributed by atoms with Crippen molar-refractivity contribution in [1.82, 2.24) is 0 Å². The first-order valence-corrected chi connectivity index (χ1v) is 6.51. The van der Waals surface area contributed by atoms with Gasteiger partial charge in [-0.05, 0) is 29.2 Å². The number of hydrogen-bond acceptors (Lipinski definition) is 2. The SMILES string of the molecule is OCC/C=C1\c2ccccc2COc2ccccc21. The molecule has 0 radical (unpaired) electrons. The first kappa shape index (κ1) is 12.0. The molecule has 2 aromatic carbocycles. The van der Waals surface area contributed by atoms with Crippen molar-refractivity contribution in [2.75, 3.05) is 6.61 Å². The van der Waals surface area contributed by atoms with Gasteiger partial charge >= 0.3 is 0 Å². The van der Waals surface area contributed by atoms with E-state index in [0.717, 1.165) is 16.9 Å². The summed E-state index contributed by atoms with van der Waals surface area (Å²) < 4.78 is 5.88. The zero-order chi connectivity index (χ0) is 13.1. The molecular weight excluding hydrogens is 236 g/mol. The Balaban J connectivity index is 2.19. The van der Waals surface area contributed by atoms with Crippen LogP contribution in [0.1, 0.15) is 23.1 Å². The summed E-state index contributed by atoms with van der Waals surface area (Å²) in [6.45, 7) is 0.748. The molecule has 19 heavy (non-hydrogen) atoms. The van der Waals surface area contributed by atoms with Gasteiger partial charge in [0.05, 0.1) is 0 Å². The van der Waals surface area contributed by atoms with Crippen LogP contribution in [-0.2, 0) is 6.61 Å². The first-order chi connectivity index (χ1) is 9.40. The van der Waals surface area contributed by atoms with E-state index in [0.29, 0.717) is 13.0 Å². The Hall–Kier alpha value is -2.06. The summed E-state index contributed by atoms with van der Waals surface area (Å²) >= 11 is 0. The van der Waals surface area contributed by atoms with Crippen molar-refractivity contribution in [3.63, 3.8) is 0 Å². The van der Waals surface area contributed by atoms with Crippen LogP contribution in [-0.4, -0.2) is 11.7 Å². The highest BCUT2D eigenvalue weighted by molar-refractivity contribution is 5.84. The Kier molecular flexibility index (Phi) is 3.34. The van der Waals surface area contributed by atoms with Gasteiger partial charge in [-0.15, -0.1) is 0 Å². The van der Waals surface area contributed by atoms with Gasteiger partial charge in [0.1, 0.15) is 12.4 Å². The van der Waals surface area contributed by atoms with Gasteiger partial charge < -0.3 is 9.84 Å². The number of ether oxygens (including phenoxy) is 1. The number of hydrogen-bond donors (Lipinski definition) is 1. The largest absolute Gasteiger partial charge is 0.488 e. The molecule has 0 saturated carbocycles. The molecule has 1 heterocycles. The van der Waals surface area contributed by atoms with Crippen molar-refractivity contribution in [3.8, 4) is 5.75 Å². The third kappa shape index (κ3) is 2.27. The third-order valence-corrected chi connectivity index (χ3v) is 3.35. The van der Waals surface area contributed by atoms with Crippen LogP contribution in [0.3, 0.4) is 0 Å². The van der Waals surface area contributed by atoms with Crippen molar-refractivity contribution < 1.29 is 9.84 Å². The number of aliphatic hydroxyl groups excluding tert-OH is 1. The van der Waals surface area contributed by atoms with Crippen LogP contribution in [0.2, 0.25) is 0 Å². The Bertz CT molecular complexity index is 565. The molecule has 3 rings (SSSR count). The molecule has 0 aromatic heterocycles. The summed E-state index contributed by atoms with van der Waals surface area (Å²) in [5, 5.41) is 9.09. The molecule has 1 N–H and O–H groups in total. The van der Waals surface area contributed by atoms with Gasteiger partial charge in [-0.2, -0.15) is 0 Å². The molecule has 0 spiro atoms. The highest BCUT2D eigenvalue weighted by atomic mass is 16.5. The minimum absolute atomic E-state index is 0.161. The number of para-hydroxylation sites is 1. The van der Waals surface area contributed by atoms with Gasteiger partial charge in [0, 0.05) is 12.2 Å². The van der Waals surface area contributed by atoms with E-state index in [1.807, 2.05) is 30.3 Å². The summed E-state index contributed by atoms with van der Waals surface area (Å²) in [6, 6.07) is 16.3. The average Bonchev–Trinajstić information content (AvgIpc) is 2.62. The van der Waals surface area contributed by atoms with Gasteiger partial charge in [0.25, 0.3) is 0 Å². The number of aliphatic hydroxyl groups is 1. The van der Waals surface area contributed by atoms with Crippen molar-refractivity contribution in [1.29, 1.82) is 0 Å². The fourth-order valence-corrected chi connectivity index (χ4v) is 2.45. The third-order valence-electron chi connectivity index (χ3n) is 3.35. The lowest BCUT2D eigenvalue weighted by Gasteiger charge is -2.09. The van der Waals surface area contributed by atoms with Crippen molar-refractivity contribution in [2.24, 2.45) is 0 Å². The van der Waals surface area contributed by atoms with E-state index >= 15 is 0 Å². The molecule has 0 amide bonds. The zero-order valence-corrected chi connectivity index (χ0v) is 10.7. The van der Waals surface area contributed by atoms with Crippen LogP contribution in [0.15, 0.2) is 54.6 Å². The fourth-order valence-electron chi connectivity index (χ4n) is 2.45. The molecule has 1 aliphatic rings. The Labute approximate surface area is 113 Å². The predicted octanol–water partition coefficient (Wildman–Crippen LogP) is 3.39. The van der Waals surface area contributed by atoms with E-state index in [1.54, 1.807) is 0 Å². The molecule has 0 atom stereocenters. The molecule has 0 aliphatic carbocycles. The summed E-state index contributed by atoms with van der Waals surface area (Å²) in [4.78, 5) is 0. The molecule has 0 unspecified atom stereocenters. The lowest BCUT2D eigenvalue weighted by atomic mass is 9.93. The summed E-state index contributed by atoms with van der Waals surface area (Å²) in [6.07, 6.45) is 2.74. The summed E-state index contributed by atoms with van der Waals surface area (Å²) in [5.41, 5.74) is 4.63. The zero-order valence-electron chi connectivity index (χ0n) is 10.7. The maximum Gasteiger partial charge on any atom is 0.127 e. The Morgan fingerprint density at radius 3 is 2.58 bits per heavy atom. The molecule has 2 heteroatoms. The predicted molar refractivity (Wildman–Crippen MR) is 76.0 cm³/mol. The van der Waals surface area contributed by atoms with E-state index in [-0.39, 0.29) is 6.61 Å². The smallest absolute Gasteiger partial charge is 0.127 e. The van der Waals surface area contributed by atoms with Gasteiger partial charge in [-0.3, -0.25) is 0 Å². The van der Waals surface area contributed by atoms with Crippen molar-refractivity contribution in [2.45, 2.75) is 13.0 Å². The molecule has 0 saturated heterocycles. The van der Waals surface area contributed by atoms with E-state index in [2.05, 4.69) is 24.3 Å². The van der Waals surface area contributed by atoms with Crippen LogP contribution >= 0.6 is 0 Å². The normalized spacial score (nSPS) is 15.3. The molecule has 1 aliphatic heterocycles. The van der Waals surface area contributed by atoms with E-state index in [9.17, 15) is 0 Å². The second-order valence-corrected chi connectivity index (χ2v) is 4.57. The fraction of sp³-hybridized carbons (Fsp3) is 0.176. The monoisotopic (exact) mass is 252 g/mol. The lowest BCUT2D eigenvalue weighted by molar-refractivity contribution is 0.302. The molecular formula is C17H16O2. The quantitative estimate of drug-likeness (QED) is 0.887. The van der Waals surface area contributed by atoms with E-state index < -0.39 is 0 Å². The van der Waals surface area contributed by atoms with Gasteiger partial charge in [-0.25, -0.2) is 0 Å². The Morgan fingerprint density at radius 2 is 1.74 bits per heavy atom. The highest BCUT2D eigenvalue weighted by Gasteiger charge is 2.17. The van der Waals surface area contributed by atoms with Crippen LogP contribution in [0, 0.1) is 0 Å². The maximum atomic E-state index is 9.09. The molecule has 0 bridgehead atoms.